The number of hydrogen-bond donors (Lipinski definition) is 0. The predicted molar refractivity (Wildman–Crippen MR) is 106 cm³/mol. The Balaban J connectivity index is 0. The maximum absolute atomic E-state index is 2.63. The van der Waals surface area contributed by atoms with E-state index in [4.69, 9.17) is 0 Å². The first-order valence-corrected chi connectivity index (χ1v) is 12.3. The van der Waals surface area contributed by atoms with Gasteiger partial charge in [0.15, 0.2) is 0 Å². The summed E-state index contributed by atoms with van der Waals surface area (Å²) in [6.45, 7) is 24.1. The van der Waals surface area contributed by atoms with Gasteiger partial charge < -0.3 is 37.2 Å². The summed E-state index contributed by atoms with van der Waals surface area (Å²) in [5.41, 5.74) is 7.42. The number of benzene rings is 1. The van der Waals surface area contributed by atoms with Gasteiger partial charge in [-0.3, -0.25) is 0 Å². The molecule has 0 aliphatic heterocycles. The molecule has 0 fully saturated rings. The largest absolute Gasteiger partial charge is 1.00 e. The van der Waals surface area contributed by atoms with Gasteiger partial charge in [0.2, 0.25) is 0 Å². The molecule has 0 N–H and O–H groups in total. The fraction of sp³-hybridized carbons (Fsp3) is 0.545. The summed E-state index contributed by atoms with van der Waals surface area (Å²) in [6.07, 6.45) is 0. The van der Waals surface area contributed by atoms with E-state index in [1.165, 1.54) is 22.3 Å². The predicted octanol–water partition coefficient (Wildman–Crippen LogP) is -2.67. The molecule has 27 heavy (non-hydrogen) atoms. The molecule has 0 saturated heterocycles. The standard InChI is InChI=1S/C22H33Si.3ClH.Ti/c1-15-11-16(2)13-20(12-15)23(10,21(6,7)8)22(9)14-17(3)18(4)19(22)5;;;;/h11-13H,1-10H3;3*1H;/q;;;;+3/p-3. The first-order valence-electron chi connectivity index (χ1n) is 8.98. The molecule has 1 aliphatic rings. The molecule has 0 nitrogen and oxygen atoms in total. The second-order valence-electron chi connectivity index (χ2n) is 9.13. The van der Waals surface area contributed by atoms with Gasteiger partial charge in [0.05, 0.1) is 0 Å². The molecule has 0 bridgehead atoms. The van der Waals surface area contributed by atoms with Crippen molar-refractivity contribution in [1.29, 1.82) is 0 Å². The van der Waals surface area contributed by atoms with Crippen LogP contribution in [0.3, 0.4) is 0 Å². The molecule has 2 rings (SSSR count). The van der Waals surface area contributed by atoms with Crippen LogP contribution in [0.15, 0.2) is 38.8 Å². The summed E-state index contributed by atoms with van der Waals surface area (Å²) in [4.78, 5) is 0. The number of allylic oxidation sites excluding steroid dienone is 4. The van der Waals surface area contributed by atoms with Crippen LogP contribution in [0.1, 0.15) is 59.6 Å². The van der Waals surface area contributed by atoms with Gasteiger partial charge in [-0.25, -0.2) is 0 Å². The molecule has 2 unspecified atom stereocenters. The zero-order valence-electron chi connectivity index (χ0n) is 18.4. The number of rotatable bonds is 2. The third kappa shape index (κ3) is 4.35. The molecule has 0 spiro atoms. The van der Waals surface area contributed by atoms with Gasteiger partial charge in [-0.1, -0.05) is 0 Å². The van der Waals surface area contributed by atoms with Crippen molar-refractivity contribution in [2.45, 2.75) is 78.9 Å². The quantitative estimate of drug-likeness (QED) is 0.406. The summed E-state index contributed by atoms with van der Waals surface area (Å²) < 4.78 is 1.60. The molecule has 150 valence electrons. The molecule has 0 heterocycles. The zero-order valence-corrected chi connectivity index (χ0v) is 23.2. The van der Waals surface area contributed by atoms with Crippen LogP contribution in [0, 0.1) is 13.8 Å². The molecule has 2 atom stereocenters. The summed E-state index contributed by atoms with van der Waals surface area (Å²) in [5, 5.41) is 2.06. The van der Waals surface area contributed by atoms with Gasteiger partial charge in [-0.05, 0) is 0 Å². The molecule has 0 radical (unpaired) electrons. The fourth-order valence-corrected chi connectivity index (χ4v) is 12.1. The van der Waals surface area contributed by atoms with Crippen molar-refractivity contribution in [3.8, 4) is 0 Å². The van der Waals surface area contributed by atoms with Crippen LogP contribution in [0.5, 0.6) is 0 Å². The summed E-state index contributed by atoms with van der Waals surface area (Å²) in [5.74, 6) is 0. The van der Waals surface area contributed by atoms with Crippen molar-refractivity contribution in [2.75, 3.05) is 0 Å². The average Bonchev–Trinajstić information content (AvgIpc) is 2.61. The molecular weight excluding hydrogens is 447 g/mol. The van der Waals surface area contributed by atoms with E-state index in [0.717, 1.165) is 0 Å². The Hall–Kier alpha value is 0.501. The molecular formula is C22H33Cl3SiTi. The van der Waals surface area contributed by atoms with Crippen molar-refractivity contribution in [1.82, 2.24) is 0 Å². The Kier molecular flexibility index (Phi) is 10.5. The van der Waals surface area contributed by atoms with E-state index in [0.29, 0.717) is 0 Å². The summed E-state index contributed by atoms with van der Waals surface area (Å²) in [7, 11) is -1.91. The van der Waals surface area contributed by atoms with E-state index in [1.54, 1.807) is 14.6 Å². The maximum Gasteiger partial charge on any atom is -1.00 e. The second kappa shape index (κ2) is 9.54. The smallest absolute Gasteiger partial charge is 1.00 e. The first-order chi connectivity index (χ1) is 10.8. The zero-order chi connectivity index (χ0) is 18.7. The van der Waals surface area contributed by atoms with E-state index < -0.39 is 8.07 Å². The van der Waals surface area contributed by atoms with Crippen molar-refractivity contribution in [2.24, 2.45) is 0 Å². The van der Waals surface area contributed by atoms with Crippen LogP contribution in [-0.4, -0.2) is 8.07 Å². The molecule has 1 aromatic carbocycles. The Morgan fingerprint density at radius 3 is 1.52 bits per heavy atom. The maximum atomic E-state index is 2.63. The van der Waals surface area contributed by atoms with Crippen molar-refractivity contribution >= 4 is 13.3 Å². The summed E-state index contributed by atoms with van der Waals surface area (Å²) >= 11 is 2.38. The number of halogens is 3. The van der Waals surface area contributed by atoms with Crippen LogP contribution in [0.2, 0.25) is 16.6 Å². The van der Waals surface area contributed by atoms with Gasteiger partial charge in [-0.15, -0.1) is 0 Å². The average molecular weight is 480 g/mol. The van der Waals surface area contributed by atoms with Crippen LogP contribution in [0.4, 0.5) is 0 Å². The number of hydrogen-bond acceptors (Lipinski definition) is 0. The SMILES string of the molecule is CC1=C(C)C(C)([Si](C)(c2cc(C)cc(C)c2)C(C)(C)C)[C]([Ti+3])=C1C.[Cl-].[Cl-].[Cl-]. The minimum absolute atomic E-state index is 0. The molecule has 1 aliphatic carbocycles. The second-order valence-corrected chi connectivity index (χ2v) is 15.2. The van der Waals surface area contributed by atoms with Crippen molar-refractivity contribution in [3.63, 3.8) is 0 Å². The molecule has 0 saturated carbocycles. The molecule has 0 amide bonds. The van der Waals surface area contributed by atoms with Crippen LogP contribution in [-0.2, 0) is 20.4 Å². The molecule has 5 heteroatoms. The van der Waals surface area contributed by atoms with Gasteiger partial charge in [-0.2, -0.15) is 0 Å². The minimum atomic E-state index is -1.91. The third-order valence-corrected chi connectivity index (χ3v) is 15.9. The van der Waals surface area contributed by atoms with Gasteiger partial charge in [0.25, 0.3) is 0 Å². The monoisotopic (exact) mass is 478 g/mol. The van der Waals surface area contributed by atoms with E-state index in [2.05, 4.69) is 107 Å². The van der Waals surface area contributed by atoms with Gasteiger partial charge in [0.1, 0.15) is 0 Å². The third-order valence-electron chi connectivity index (χ3n) is 7.05. The fourth-order valence-electron chi connectivity index (χ4n) is 4.77. The van der Waals surface area contributed by atoms with E-state index in [9.17, 15) is 0 Å². The van der Waals surface area contributed by atoms with E-state index in [1.807, 2.05) is 0 Å². The van der Waals surface area contributed by atoms with Crippen molar-refractivity contribution < 1.29 is 57.7 Å². The van der Waals surface area contributed by atoms with Gasteiger partial charge in [0, 0.05) is 0 Å². The molecule has 0 aromatic heterocycles. The Labute approximate surface area is 198 Å². The van der Waals surface area contributed by atoms with Crippen LogP contribution >= 0.6 is 0 Å². The topological polar surface area (TPSA) is 0 Å². The van der Waals surface area contributed by atoms with E-state index >= 15 is 0 Å². The van der Waals surface area contributed by atoms with Crippen LogP contribution in [0.25, 0.3) is 0 Å². The minimum Gasteiger partial charge on any atom is -1.00 e. The Morgan fingerprint density at radius 2 is 1.22 bits per heavy atom. The van der Waals surface area contributed by atoms with E-state index in [-0.39, 0.29) is 47.3 Å². The Morgan fingerprint density at radius 1 is 0.815 bits per heavy atom. The normalized spacial score (nSPS) is 21.9. The summed E-state index contributed by atoms with van der Waals surface area (Å²) in [6, 6.07) is 7.25. The van der Waals surface area contributed by atoms with Crippen LogP contribution < -0.4 is 42.4 Å². The Bertz CT molecular complexity index is 715. The first kappa shape index (κ1) is 29.7. The van der Waals surface area contributed by atoms with Gasteiger partial charge >= 0.3 is 163 Å². The number of aryl methyl sites for hydroxylation is 2. The molecule has 1 aromatic rings. The van der Waals surface area contributed by atoms with Crippen molar-refractivity contribution in [3.05, 3.63) is 49.9 Å².